The summed E-state index contributed by atoms with van der Waals surface area (Å²) in [5, 5.41) is 3.57. The fourth-order valence-electron chi connectivity index (χ4n) is 2.58. The van der Waals surface area contributed by atoms with E-state index in [-0.39, 0.29) is 0 Å². The molecule has 3 nitrogen and oxygen atoms in total. The number of aryl methyl sites for hydroxylation is 1. The zero-order valence-corrected chi connectivity index (χ0v) is 11.8. The van der Waals surface area contributed by atoms with Gasteiger partial charge in [-0.15, -0.1) is 0 Å². The average molecular weight is 247 g/mol. The molecule has 1 aromatic rings. The van der Waals surface area contributed by atoms with Crippen molar-refractivity contribution >= 4 is 5.69 Å². The van der Waals surface area contributed by atoms with E-state index in [2.05, 4.69) is 42.0 Å². The van der Waals surface area contributed by atoms with E-state index in [1.165, 1.54) is 24.2 Å². The van der Waals surface area contributed by atoms with E-state index in [0.29, 0.717) is 0 Å². The number of nitrogens with zero attached hydrogens (tertiary/aromatic N) is 2. The van der Waals surface area contributed by atoms with Gasteiger partial charge < -0.3 is 10.2 Å². The van der Waals surface area contributed by atoms with Gasteiger partial charge in [-0.2, -0.15) is 0 Å². The van der Waals surface area contributed by atoms with Crippen LogP contribution in [-0.2, 0) is 0 Å². The summed E-state index contributed by atoms with van der Waals surface area (Å²) in [4.78, 5) is 6.72. The molecule has 0 amide bonds. The Bertz CT molecular complexity index is 376. The summed E-state index contributed by atoms with van der Waals surface area (Å²) in [6.07, 6.45) is 5.16. The van der Waals surface area contributed by atoms with Crippen molar-refractivity contribution in [3.63, 3.8) is 0 Å². The first-order chi connectivity index (χ1) is 8.66. The van der Waals surface area contributed by atoms with Gasteiger partial charge in [0.25, 0.3) is 0 Å². The summed E-state index contributed by atoms with van der Waals surface area (Å²) in [7, 11) is 0. The Morgan fingerprint density at radius 3 is 3.06 bits per heavy atom. The quantitative estimate of drug-likeness (QED) is 0.866. The Balaban J connectivity index is 1.83. The molecular weight excluding hydrogens is 222 g/mol. The van der Waals surface area contributed by atoms with Crippen LogP contribution in [0.3, 0.4) is 0 Å². The molecule has 2 rings (SSSR count). The van der Waals surface area contributed by atoms with Crippen LogP contribution < -0.4 is 10.2 Å². The average Bonchev–Trinajstić information content (AvgIpc) is 2.78. The molecule has 1 aromatic heterocycles. The van der Waals surface area contributed by atoms with E-state index in [9.17, 15) is 0 Å². The van der Waals surface area contributed by atoms with Crippen molar-refractivity contribution < 1.29 is 0 Å². The fourth-order valence-corrected chi connectivity index (χ4v) is 2.58. The number of nitrogens with one attached hydrogen (secondary N) is 1. The predicted molar refractivity (Wildman–Crippen MR) is 77.0 cm³/mol. The smallest absolute Gasteiger partial charge is 0.0582 e. The Morgan fingerprint density at radius 1 is 1.50 bits per heavy atom. The molecule has 1 atom stereocenters. The largest absolute Gasteiger partial charge is 0.370 e. The first-order valence-corrected chi connectivity index (χ1v) is 7.03. The first kappa shape index (κ1) is 13.3. The summed E-state index contributed by atoms with van der Waals surface area (Å²) >= 11 is 0. The van der Waals surface area contributed by atoms with Crippen molar-refractivity contribution in [1.82, 2.24) is 10.3 Å². The molecule has 0 radical (unpaired) electrons. The summed E-state index contributed by atoms with van der Waals surface area (Å²) in [5.41, 5.74) is 2.64. The van der Waals surface area contributed by atoms with Crippen LogP contribution in [0.4, 0.5) is 5.69 Å². The molecule has 1 fully saturated rings. The number of hydrogen-bond acceptors (Lipinski definition) is 3. The second-order valence-electron chi connectivity index (χ2n) is 5.81. The molecule has 0 aromatic carbocycles. The molecule has 2 heterocycles. The maximum atomic E-state index is 4.24. The van der Waals surface area contributed by atoms with Gasteiger partial charge in [-0.1, -0.05) is 13.8 Å². The lowest BCUT2D eigenvalue weighted by molar-refractivity contribution is 0.477. The highest BCUT2D eigenvalue weighted by atomic mass is 15.2. The second kappa shape index (κ2) is 6.19. The van der Waals surface area contributed by atoms with Gasteiger partial charge in [0.2, 0.25) is 0 Å². The van der Waals surface area contributed by atoms with Gasteiger partial charge in [0.15, 0.2) is 0 Å². The summed E-state index contributed by atoms with van der Waals surface area (Å²) in [5.74, 6) is 1.52. The second-order valence-corrected chi connectivity index (χ2v) is 5.81. The number of aromatic nitrogens is 1. The molecular formula is C15H25N3. The van der Waals surface area contributed by atoms with E-state index in [0.717, 1.165) is 31.5 Å². The molecule has 0 bridgehead atoms. The van der Waals surface area contributed by atoms with Crippen molar-refractivity contribution in [3.8, 4) is 0 Å². The Kier molecular flexibility index (Phi) is 4.59. The Labute approximate surface area is 111 Å². The highest BCUT2D eigenvalue weighted by Gasteiger charge is 2.23. The molecule has 1 saturated heterocycles. The van der Waals surface area contributed by atoms with Crippen LogP contribution in [0, 0.1) is 18.8 Å². The van der Waals surface area contributed by atoms with Gasteiger partial charge in [-0.05, 0) is 49.9 Å². The van der Waals surface area contributed by atoms with E-state index in [1.54, 1.807) is 0 Å². The van der Waals surface area contributed by atoms with E-state index in [1.807, 2.05) is 12.4 Å². The molecule has 100 valence electrons. The summed E-state index contributed by atoms with van der Waals surface area (Å²) < 4.78 is 0. The molecule has 1 unspecified atom stereocenters. The van der Waals surface area contributed by atoms with E-state index >= 15 is 0 Å². The lowest BCUT2D eigenvalue weighted by Crippen LogP contribution is -2.28. The minimum atomic E-state index is 0.739. The molecule has 3 heteroatoms. The number of anilines is 1. The van der Waals surface area contributed by atoms with E-state index in [4.69, 9.17) is 0 Å². The minimum absolute atomic E-state index is 0.739. The zero-order chi connectivity index (χ0) is 13.0. The third-order valence-corrected chi connectivity index (χ3v) is 3.62. The summed E-state index contributed by atoms with van der Waals surface area (Å²) in [6, 6.07) is 2.10. The van der Waals surface area contributed by atoms with Crippen LogP contribution in [0.5, 0.6) is 0 Å². The molecule has 18 heavy (non-hydrogen) atoms. The molecule has 1 N–H and O–H groups in total. The van der Waals surface area contributed by atoms with Crippen molar-refractivity contribution in [2.75, 3.05) is 31.1 Å². The van der Waals surface area contributed by atoms with Gasteiger partial charge >= 0.3 is 0 Å². The molecule has 0 spiro atoms. The van der Waals surface area contributed by atoms with Crippen molar-refractivity contribution in [2.45, 2.75) is 27.2 Å². The number of rotatable bonds is 5. The standard InChI is InChI=1S/C15H25N3/c1-12(2)8-17-9-14-5-7-18(11-14)15-10-16-6-4-13(15)3/h4,6,10,12,14,17H,5,7-9,11H2,1-3H3. The third-order valence-electron chi connectivity index (χ3n) is 3.62. The molecule has 0 saturated carbocycles. The van der Waals surface area contributed by atoms with Crippen LogP contribution in [0.15, 0.2) is 18.5 Å². The SMILES string of the molecule is Cc1ccncc1N1CCC(CNCC(C)C)C1. The predicted octanol–water partition coefficient (Wildman–Crippen LogP) is 2.46. The minimum Gasteiger partial charge on any atom is -0.370 e. The van der Waals surface area contributed by atoms with Gasteiger partial charge in [-0.3, -0.25) is 4.98 Å². The monoisotopic (exact) mass is 247 g/mol. The van der Waals surface area contributed by atoms with Crippen LogP contribution in [0.2, 0.25) is 0 Å². The third kappa shape index (κ3) is 3.45. The summed E-state index contributed by atoms with van der Waals surface area (Å²) in [6.45, 7) is 11.3. The lowest BCUT2D eigenvalue weighted by atomic mass is 10.1. The van der Waals surface area contributed by atoms with Crippen molar-refractivity contribution in [3.05, 3.63) is 24.0 Å². The van der Waals surface area contributed by atoms with Crippen molar-refractivity contribution in [2.24, 2.45) is 11.8 Å². The topological polar surface area (TPSA) is 28.2 Å². The maximum absolute atomic E-state index is 4.24. The molecule has 0 aliphatic carbocycles. The first-order valence-electron chi connectivity index (χ1n) is 7.03. The van der Waals surface area contributed by atoms with E-state index < -0.39 is 0 Å². The van der Waals surface area contributed by atoms with Gasteiger partial charge in [0, 0.05) is 19.3 Å². The van der Waals surface area contributed by atoms with Crippen LogP contribution in [0.25, 0.3) is 0 Å². The molecule has 1 aliphatic rings. The van der Waals surface area contributed by atoms with Crippen LogP contribution in [-0.4, -0.2) is 31.2 Å². The number of hydrogen-bond donors (Lipinski definition) is 1. The maximum Gasteiger partial charge on any atom is 0.0582 e. The highest BCUT2D eigenvalue weighted by Crippen LogP contribution is 2.25. The van der Waals surface area contributed by atoms with Gasteiger partial charge in [0.1, 0.15) is 0 Å². The lowest BCUT2D eigenvalue weighted by Gasteiger charge is -2.20. The highest BCUT2D eigenvalue weighted by molar-refractivity contribution is 5.51. The van der Waals surface area contributed by atoms with Gasteiger partial charge in [0.05, 0.1) is 11.9 Å². The number of pyridine rings is 1. The van der Waals surface area contributed by atoms with Crippen LogP contribution in [0.1, 0.15) is 25.8 Å². The Morgan fingerprint density at radius 2 is 2.33 bits per heavy atom. The zero-order valence-electron chi connectivity index (χ0n) is 11.8. The van der Waals surface area contributed by atoms with Gasteiger partial charge in [-0.25, -0.2) is 0 Å². The Hall–Kier alpha value is -1.09. The van der Waals surface area contributed by atoms with Crippen molar-refractivity contribution in [1.29, 1.82) is 0 Å². The normalized spacial score (nSPS) is 19.8. The fraction of sp³-hybridized carbons (Fsp3) is 0.667. The molecule has 1 aliphatic heterocycles. The van der Waals surface area contributed by atoms with Crippen LogP contribution >= 0.6 is 0 Å².